The van der Waals surface area contributed by atoms with Crippen molar-refractivity contribution in [2.45, 2.75) is 23.3 Å². The van der Waals surface area contributed by atoms with Crippen LogP contribution in [0.1, 0.15) is 16.7 Å². The molecule has 0 spiro atoms. The SMILES string of the molecule is COc1ccc(CC(O)(Cc2ccccc2)c2ccc(OC)cc2SC)cc1. The minimum absolute atomic E-state index is 0.506. The van der Waals surface area contributed by atoms with Crippen molar-refractivity contribution in [1.82, 2.24) is 0 Å². The largest absolute Gasteiger partial charge is 0.497 e. The monoisotopic (exact) mass is 394 g/mol. The Kier molecular flexibility index (Phi) is 6.65. The van der Waals surface area contributed by atoms with Crippen LogP contribution >= 0.6 is 11.8 Å². The molecule has 0 saturated carbocycles. The Morgan fingerprint density at radius 3 is 1.93 bits per heavy atom. The third kappa shape index (κ3) is 4.70. The summed E-state index contributed by atoms with van der Waals surface area (Å²) in [5.41, 5.74) is 2.03. The topological polar surface area (TPSA) is 38.7 Å². The van der Waals surface area contributed by atoms with Crippen molar-refractivity contribution in [2.75, 3.05) is 20.5 Å². The van der Waals surface area contributed by atoms with Gasteiger partial charge in [-0.1, -0.05) is 48.5 Å². The van der Waals surface area contributed by atoms with Gasteiger partial charge in [0.05, 0.1) is 19.8 Å². The van der Waals surface area contributed by atoms with Gasteiger partial charge < -0.3 is 14.6 Å². The van der Waals surface area contributed by atoms with Gasteiger partial charge in [0.2, 0.25) is 0 Å². The summed E-state index contributed by atoms with van der Waals surface area (Å²) in [5, 5.41) is 11.9. The molecule has 1 N–H and O–H groups in total. The lowest BCUT2D eigenvalue weighted by Gasteiger charge is -2.31. The lowest BCUT2D eigenvalue weighted by Crippen LogP contribution is -2.32. The van der Waals surface area contributed by atoms with Crippen molar-refractivity contribution >= 4 is 11.8 Å². The first-order valence-corrected chi connectivity index (χ1v) is 10.4. The molecule has 3 nitrogen and oxygen atoms in total. The van der Waals surface area contributed by atoms with Gasteiger partial charge in [0.1, 0.15) is 11.5 Å². The zero-order valence-corrected chi connectivity index (χ0v) is 17.3. The fourth-order valence-corrected chi connectivity index (χ4v) is 4.16. The Bertz CT molecular complexity index is 893. The maximum absolute atomic E-state index is 11.9. The fourth-order valence-electron chi connectivity index (χ4n) is 3.45. The molecule has 1 atom stereocenters. The predicted molar refractivity (Wildman–Crippen MR) is 116 cm³/mol. The van der Waals surface area contributed by atoms with E-state index in [2.05, 4.69) is 12.1 Å². The zero-order valence-electron chi connectivity index (χ0n) is 16.5. The number of hydrogen-bond donors (Lipinski definition) is 1. The van der Waals surface area contributed by atoms with E-state index in [9.17, 15) is 5.11 Å². The van der Waals surface area contributed by atoms with Crippen LogP contribution in [0, 0.1) is 0 Å². The Morgan fingerprint density at radius 1 is 0.786 bits per heavy atom. The smallest absolute Gasteiger partial charge is 0.119 e. The van der Waals surface area contributed by atoms with Crippen molar-refractivity contribution in [3.8, 4) is 11.5 Å². The van der Waals surface area contributed by atoms with Crippen molar-refractivity contribution in [1.29, 1.82) is 0 Å². The van der Waals surface area contributed by atoms with Crippen molar-refractivity contribution in [3.05, 3.63) is 89.5 Å². The molecule has 3 aromatic rings. The Morgan fingerprint density at radius 2 is 1.36 bits per heavy atom. The van der Waals surface area contributed by atoms with E-state index in [0.29, 0.717) is 12.8 Å². The van der Waals surface area contributed by atoms with E-state index in [1.165, 1.54) is 0 Å². The van der Waals surface area contributed by atoms with Gasteiger partial charge in [0.15, 0.2) is 0 Å². The van der Waals surface area contributed by atoms with Crippen LogP contribution in [-0.4, -0.2) is 25.6 Å². The van der Waals surface area contributed by atoms with E-state index in [1.807, 2.05) is 66.9 Å². The molecule has 0 aromatic heterocycles. The van der Waals surface area contributed by atoms with Gasteiger partial charge in [-0.15, -0.1) is 11.8 Å². The van der Waals surface area contributed by atoms with Crippen molar-refractivity contribution in [2.24, 2.45) is 0 Å². The first kappa shape index (κ1) is 20.3. The highest BCUT2D eigenvalue weighted by Crippen LogP contribution is 2.38. The molecule has 0 saturated heterocycles. The average molecular weight is 395 g/mol. The molecule has 0 radical (unpaired) electrons. The Hall–Kier alpha value is -2.43. The van der Waals surface area contributed by atoms with Crippen LogP contribution in [0.3, 0.4) is 0 Å². The predicted octanol–water partition coefficient (Wildman–Crippen LogP) is 5.10. The van der Waals surface area contributed by atoms with Gasteiger partial charge in [-0.2, -0.15) is 0 Å². The molecule has 0 bridgehead atoms. The normalized spacial score (nSPS) is 13.0. The number of aliphatic hydroxyl groups is 1. The molecule has 146 valence electrons. The summed E-state index contributed by atoms with van der Waals surface area (Å²) in [6, 6.07) is 23.9. The maximum Gasteiger partial charge on any atom is 0.119 e. The van der Waals surface area contributed by atoms with Crippen LogP contribution in [0.4, 0.5) is 0 Å². The summed E-state index contributed by atoms with van der Waals surface area (Å²) in [4.78, 5) is 1.02. The summed E-state index contributed by atoms with van der Waals surface area (Å²) >= 11 is 1.62. The molecule has 4 heteroatoms. The van der Waals surface area contributed by atoms with E-state index in [1.54, 1.807) is 26.0 Å². The molecular formula is C24H26O3S. The minimum atomic E-state index is -1.04. The van der Waals surface area contributed by atoms with Gasteiger partial charge in [-0.3, -0.25) is 0 Å². The van der Waals surface area contributed by atoms with Crippen LogP contribution in [-0.2, 0) is 18.4 Å². The second-order valence-electron chi connectivity index (χ2n) is 6.79. The molecule has 0 aliphatic rings. The van der Waals surface area contributed by atoms with E-state index >= 15 is 0 Å². The quantitative estimate of drug-likeness (QED) is 0.540. The number of hydrogen-bond acceptors (Lipinski definition) is 4. The van der Waals surface area contributed by atoms with Crippen molar-refractivity contribution < 1.29 is 14.6 Å². The molecule has 28 heavy (non-hydrogen) atoms. The first-order valence-electron chi connectivity index (χ1n) is 9.20. The molecule has 3 rings (SSSR count). The van der Waals surface area contributed by atoms with Gasteiger partial charge in [-0.25, -0.2) is 0 Å². The fraction of sp³-hybridized carbons (Fsp3) is 0.250. The number of rotatable bonds is 8. The number of benzene rings is 3. The summed E-state index contributed by atoms with van der Waals surface area (Å²) in [7, 11) is 3.31. The molecular weight excluding hydrogens is 368 g/mol. The molecule has 3 aromatic carbocycles. The van der Waals surface area contributed by atoms with Gasteiger partial charge in [0.25, 0.3) is 0 Å². The number of methoxy groups -OCH3 is 2. The number of ether oxygens (including phenoxy) is 2. The third-order valence-electron chi connectivity index (χ3n) is 4.91. The second-order valence-corrected chi connectivity index (χ2v) is 7.63. The lowest BCUT2D eigenvalue weighted by molar-refractivity contribution is 0.0344. The second kappa shape index (κ2) is 9.18. The van der Waals surface area contributed by atoms with Crippen LogP contribution in [0.25, 0.3) is 0 Å². The van der Waals surface area contributed by atoms with Crippen LogP contribution in [0.2, 0.25) is 0 Å². The summed E-state index contributed by atoms with van der Waals surface area (Å²) in [6.07, 6.45) is 3.06. The summed E-state index contributed by atoms with van der Waals surface area (Å²) < 4.78 is 10.6. The van der Waals surface area contributed by atoms with Gasteiger partial charge in [0, 0.05) is 17.7 Å². The summed E-state index contributed by atoms with van der Waals surface area (Å²) in [6.45, 7) is 0. The third-order valence-corrected chi connectivity index (χ3v) is 5.68. The van der Waals surface area contributed by atoms with Crippen molar-refractivity contribution in [3.63, 3.8) is 0 Å². The molecule has 0 aliphatic heterocycles. The standard InChI is InChI=1S/C24H26O3S/c1-26-20-11-9-19(10-12-20)17-24(25,16-18-7-5-4-6-8-18)22-14-13-21(27-2)15-23(22)28-3/h4-15,25H,16-17H2,1-3H3. The maximum atomic E-state index is 11.9. The number of thioether (sulfide) groups is 1. The highest BCUT2D eigenvalue weighted by atomic mass is 32.2. The van der Waals surface area contributed by atoms with E-state index in [0.717, 1.165) is 33.1 Å². The Labute approximate surface area is 171 Å². The summed E-state index contributed by atoms with van der Waals surface area (Å²) in [5.74, 6) is 1.60. The Balaban J connectivity index is 2.03. The van der Waals surface area contributed by atoms with E-state index in [4.69, 9.17) is 9.47 Å². The average Bonchev–Trinajstić information content (AvgIpc) is 2.74. The zero-order chi connectivity index (χ0) is 20.0. The van der Waals surface area contributed by atoms with Gasteiger partial charge >= 0.3 is 0 Å². The first-order chi connectivity index (χ1) is 13.6. The minimum Gasteiger partial charge on any atom is -0.497 e. The van der Waals surface area contributed by atoms with Gasteiger partial charge in [-0.05, 0) is 47.2 Å². The highest BCUT2D eigenvalue weighted by Gasteiger charge is 2.32. The van der Waals surface area contributed by atoms with E-state index < -0.39 is 5.60 Å². The highest BCUT2D eigenvalue weighted by molar-refractivity contribution is 7.98. The molecule has 0 aliphatic carbocycles. The molecule has 0 amide bonds. The van der Waals surface area contributed by atoms with Crippen LogP contribution in [0.15, 0.2) is 77.7 Å². The van der Waals surface area contributed by atoms with Crippen LogP contribution in [0.5, 0.6) is 11.5 Å². The van der Waals surface area contributed by atoms with E-state index in [-0.39, 0.29) is 0 Å². The van der Waals surface area contributed by atoms with Crippen LogP contribution < -0.4 is 9.47 Å². The lowest BCUT2D eigenvalue weighted by atomic mass is 9.82. The molecule has 0 heterocycles. The molecule has 1 unspecified atom stereocenters. The molecule has 0 fully saturated rings.